The minimum Gasteiger partial charge on any atom is -0.462 e. The van der Waals surface area contributed by atoms with E-state index in [2.05, 4.69) is 55.4 Å². The Morgan fingerprint density at radius 1 is 0.298 bits per heavy atom. The van der Waals surface area contributed by atoms with Gasteiger partial charge in [0.25, 0.3) is 0 Å². The number of ether oxygens (including phenoxy) is 4. The van der Waals surface area contributed by atoms with Gasteiger partial charge in [0.2, 0.25) is 0 Å². The van der Waals surface area contributed by atoms with Crippen molar-refractivity contribution in [2.45, 2.75) is 395 Å². The van der Waals surface area contributed by atoms with Crippen LogP contribution in [0.4, 0.5) is 0 Å². The first kappa shape index (κ1) is 92.1. The molecule has 0 fully saturated rings. The number of aliphatic hydroxyl groups is 1. The Labute approximate surface area is 575 Å². The lowest BCUT2D eigenvalue weighted by molar-refractivity contribution is -0.161. The summed E-state index contributed by atoms with van der Waals surface area (Å²) in [6.45, 7) is 14.2. The van der Waals surface area contributed by atoms with E-state index < -0.39 is 97.5 Å². The van der Waals surface area contributed by atoms with Gasteiger partial charge in [-0.2, -0.15) is 0 Å². The number of unbranched alkanes of at least 4 members (excludes halogenated alkanes) is 36. The van der Waals surface area contributed by atoms with E-state index in [1.807, 2.05) is 0 Å². The lowest BCUT2D eigenvalue weighted by atomic mass is 9.99. The first-order valence-corrected chi connectivity index (χ1v) is 41.8. The van der Waals surface area contributed by atoms with Crippen LogP contribution in [-0.2, 0) is 65.4 Å². The van der Waals surface area contributed by atoms with Gasteiger partial charge in [-0.3, -0.25) is 37.3 Å². The van der Waals surface area contributed by atoms with E-state index >= 15 is 0 Å². The molecule has 0 amide bonds. The Morgan fingerprint density at radius 2 is 0.511 bits per heavy atom. The third-order valence-electron chi connectivity index (χ3n) is 18.0. The average Bonchev–Trinajstić information content (AvgIpc) is 1.52. The fourth-order valence-corrected chi connectivity index (χ4v) is 12.9. The number of hydrogen-bond acceptors (Lipinski definition) is 15. The lowest BCUT2D eigenvalue weighted by Gasteiger charge is -2.21. The second-order valence-electron chi connectivity index (χ2n) is 28.5. The molecule has 0 aromatic rings. The third kappa shape index (κ3) is 66.0. The molecule has 0 spiro atoms. The van der Waals surface area contributed by atoms with Gasteiger partial charge in [0.1, 0.15) is 19.3 Å². The van der Waals surface area contributed by atoms with Crippen LogP contribution in [0, 0.1) is 23.7 Å². The minimum atomic E-state index is -4.96. The van der Waals surface area contributed by atoms with E-state index in [1.165, 1.54) is 173 Å². The number of esters is 4. The van der Waals surface area contributed by atoms with Crippen molar-refractivity contribution in [2.75, 3.05) is 39.6 Å². The number of carbonyl (C=O) groups is 4. The zero-order valence-corrected chi connectivity index (χ0v) is 63.4. The van der Waals surface area contributed by atoms with Gasteiger partial charge in [0.05, 0.1) is 26.4 Å². The number of phosphoric acid groups is 2. The second-order valence-corrected chi connectivity index (χ2v) is 31.4. The molecule has 17 nitrogen and oxygen atoms in total. The third-order valence-corrected chi connectivity index (χ3v) is 19.9. The van der Waals surface area contributed by atoms with Crippen LogP contribution >= 0.6 is 15.6 Å². The second kappa shape index (κ2) is 64.4. The molecule has 0 aliphatic rings. The van der Waals surface area contributed by atoms with Gasteiger partial charge in [-0.05, 0) is 49.4 Å². The maximum Gasteiger partial charge on any atom is 0.472 e. The molecule has 0 aromatic carbocycles. The van der Waals surface area contributed by atoms with Crippen LogP contribution in [0.5, 0.6) is 0 Å². The molecular formula is C75H146O17P2. The van der Waals surface area contributed by atoms with Crippen LogP contribution in [0.2, 0.25) is 0 Å². The number of phosphoric ester groups is 2. The Kier molecular flexibility index (Phi) is 63.1. The van der Waals surface area contributed by atoms with E-state index in [0.717, 1.165) is 120 Å². The predicted octanol–water partition coefficient (Wildman–Crippen LogP) is 21.7. The van der Waals surface area contributed by atoms with Crippen molar-refractivity contribution in [1.29, 1.82) is 0 Å². The molecule has 7 atom stereocenters. The molecule has 558 valence electrons. The highest BCUT2D eigenvalue weighted by Crippen LogP contribution is 2.45. The summed E-state index contributed by atoms with van der Waals surface area (Å²) < 4.78 is 68.5. The molecule has 4 unspecified atom stereocenters. The molecular weight excluding hydrogens is 1230 g/mol. The summed E-state index contributed by atoms with van der Waals surface area (Å²) in [4.78, 5) is 72.8. The van der Waals surface area contributed by atoms with Crippen LogP contribution in [0.25, 0.3) is 0 Å². The van der Waals surface area contributed by atoms with Gasteiger partial charge in [-0.15, -0.1) is 0 Å². The predicted molar refractivity (Wildman–Crippen MR) is 381 cm³/mol. The molecule has 0 saturated carbocycles. The van der Waals surface area contributed by atoms with Crippen LogP contribution in [0.15, 0.2) is 0 Å². The van der Waals surface area contributed by atoms with E-state index in [9.17, 15) is 43.2 Å². The van der Waals surface area contributed by atoms with E-state index in [-0.39, 0.29) is 25.7 Å². The van der Waals surface area contributed by atoms with Crippen molar-refractivity contribution in [3.8, 4) is 0 Å². The molecule has 3 N–H and O–H groups in total. The van der Waals surface area contributed by atoms with Crippen molar-refractivity contribution in [3.63, 3.8) is 0 Å². The summed E-state index contributed by atoms with van der Waals surface area (Å²) in [6.07, 6.45) is 48.4. The zero-order valence-electron chi connectivity index (χ0n) is 61.6. The standard InChI is InChI=1S/C75H146O17P2/c1-9-67(7)53-45-37-29-23-19-20-26-32-42-50-58-75(80)92-71(62-86-73(78)56-48-40-34-33-38-46-54-68(8)10-2)64-90-94(83,84)88-60-69(76)59-87-93(81,82)89-63-70(91-74(79)57-49-41-31-25-18-14-12-16-22-28-36-44-52-66(5)6)61-85-72(77)55-47-39-30-24-17-13-11-15-21-27-35-43-51-65(3)4/h65-71,76H,9-64H2,1-8H3,(H,81,82)(H,83,84)/t67?,68?,69-,70-,71-/m1/s1. The quantitative estimate of drug-likeness (QED) is 0.0222. The summed E-state index contributed by atoms with van der Waals surface area (Å²) in [5, 5.41) is 10.6. The topological polar surface area (TPSA) is 237 Å². The summed E-state index contributed by atoms with van der Waals surface area (Å²) in [5.41, 5.74) is 0. The fraction of sp³-hybridized carbons (Fsp3) is 0.947. The highest BCUT2D eigenvalue weighted by Gasteiger charge is 2.30. The highest BCUT2D eigenvalue weighted by atomic mass is 31.2. The molecule has 0 saturated heterocycles. The Balaban J connectivity index is 5.27. The van der Waals surface area contributed by atoms with Crippen LogP contribution < -0.4 is 0 Å². The van der Waals surface area contributed by atoms with Gasteiger partial charge >= 0.3 is 39.5 Å². The Morgan fingerprint density at radius 3 is 0.755 bits per heavy atom. The molecule has 0 aromatic heterocycles. The molecule has 0 aliphatic carbocycles. The minimum absolute atomic E-state index is 0.105. The van der Waals surface area contributed by atoms with Gasteiger partial charge in [-0.1, -0.05) is 325 Å². The first-order chi connectivity index (χ1) is 45.2. The van der Waals surface area contributed by atoms with Crippen LogP contribution in [0.3, 0.4) is 0 Å². The largest absolute Gasteiger partial charge is 0.472 e. The number of carbonyl (C=O) groups excluding carboxylic acids is 4. The monoisotopic (exact) mass is 1380 g/mol. The van der Waals surface area contributed by atoms with Crippen LogP contribution in [-0.4, -0.2) is 96.7 Å². The average molecular weight is 1380 g/mol. The van der Waals surface area contributed by atoms with E-state index in [4.69, 9.17) is 37.0 Å². The number of rotatable bonds is 72. The maximum absolute atomic E-state index is 13.1. The number of aliphatic hydroxyl groups excluding tert-OH is 1. The molecule has 94 heavy (non-hydrogen) atoms. The van der Waals surface area contributed by atoms with Crippen molar-refractivity contribution >= 4 is 39.5 Å². The summed E-state index contributed by atoms with van der Waals surface area (Å²) >= 11 is 0. The first-order valence-electron chi connectivity index (χ1n) is 38.8. The molecule has 0 heterocycles. The normalized spacial score (nSPS) is 14.7. The molecule has 0 radical (unpaired) electrons. The molecule has 0 bridgehead atoms. The molecule has 0 aliphatic heterocycles. The summed E-state index contributed by atoms with van der Waals surface area (Å²) in [7, 11) is -9.91. The highest BCUT2D eigenvalue weighted by molar-refractivity contribution is 7.47. The van der Waals surface area contributed by atoms with Crippen molar-refractivity contribution in [1.82, 2.24) is 0 Å². The lowest BCUT2D eigenvalue weighted by Crippen LogP contribution is -2.30. The number of hydrogen-bond donors (Lipinski definition) is 3. The van der Waals surface area contributed by atoms with Gasteiger partial charge in [0.15, 0.2) is 12.2 Å². The van der Waals surface area contributed by atoms with Gasteiger partial charge < -0.3 is 33.8 Å². The van der Waals surface area contributed by atoms with Crippen molar-refractivity contribution in [3.05, 3.63) is 0 Å². The smallest absolute Gasteiger partial charge is 0.462 e. The Hall–Kier alpha value is -1.94. The van der Waals surface area contributed by atoms with E-state index in [0.29, 0.717) is 25.7 Å². The van der Waals surface area contributed by atoms with Crippen molar-refractivity contribution < 1.29 is 80.2 Å². The fourth-order valence-electron chi connectivity index (χ4n) is 11.3. The molecule has 19 heteroatoms. The van der Waals surface area contributed by atoms with Gasteiger partial charge in [0, 0.05) is 25.7 Å². The summed E-state index contributed by atoms with van der Waals surface area (Å²) in [5.74, 6) is 0.970. The van der Waals surface area contributed by atoms with Crippen molar-refractivity contribution in [2.24, 2.45) is 23.7 Å². The summed E-state index contributed by atoms with van der Waals surface area (Å²) in [6, 6.07) is 0. The van der Waals surface area contributed by atoms with Gasteiger partial charge in [-0.25, -0.2) is 9.13 Å². The zero-order chi connectivity index (χ0) is 69.6. The molecule has 0 rings (SSSR count). The van der Waals surface area contributed by atoms with E-state index in [1.54, 1.807) is 0 Å². The van der Waals surface area contributed by atoms with Crippen LogP contribution in [0.1, 0.15) is 376 Å². The Bertz CT molecular complexity index is 1850. The maximum atomic E-state index is 13.1. The SMILES string of the molecule is CCC(C)CCCCCCCCCCCCC(=O)O[C@H](COC(=O)CCCCCCCCC(C)CC)COP(=O)(O)OC[C@H](O)COP(=O)(O)OC[C@@H](COC(=O)CCCCCCCCCCCCCCC(C)C)OC(=O)CCCCCCCCCCCCCCC(C)C.